The normalized spacial score (nSPS) is 10.9. The molecule has 6 heteroatoms. The SMILES string of the molecule is O=C([O-])c1ccc(-c2ccnc3c2ccc2cccnc23)c2cccnc12.[Li+]. The largest absolute Gasteiger partial charge is 1.00 e. The molecule has 0 amide bonds. The number of benzene rings is 2. The zero-order valence-electron chi connectivity index (χ0n) is 15.1. The number of fused-ring (bicyclic) bond motifs is 4. The van der Waals surface area contributed by atoms with Crippen molar-refractivity contribution in [3.8, 4) is 11.1 Å². The second-order valence-electron chi connectivity index (χ2n) is 6.24. The predicted octanol–water partition coefficient (Wildman–Crippen LogP) is 0.366. The summed E-state index contributed by atoms with van der Waals surface area (Å²) >= 11 is 0. The molecule has 0 spiro atoms. The molecule has 0 saturated heterocycles. The van der Waals surface area contributed by atoms with Gasteiger partial charge in [-0.15, -0.1) is 0 Å². The molecule has 0 saturated carbocycles. The first-order chi connectivity index (χ1) is 13.2. The second-order valence-corrected chi connectivity index (χ2v) is 6.24. The van der Waals surface area contributed by atoms with E-state index in [9.17, 15) is 9.90 Å². The van der Waals surface area contributed by atoms with E-state index in [1.165, 1.54) is 0 Å². The van der Waals surface area contributed by atoms with Gasteiger partial charge in [-0.1, -0.05) is 36.4 Å². The molecule has 28 heavy (non-hydrogen) atoms. The molecule has 0 atom stereocenters. The number of rotatable bonds is 2. The minimum absolute atomic E-state index is 0. The number of carboxylic acids is 1. The van der Waals surface area contributed by atoms with Crippen molar-refractivity contribution in [2.24, 2.45) is 0 Å². The van der Waals surface area contributed by atoms with E-state index in [1.807, 2.05) is 36.4 Å². The zero-order chi connectivity index (χ0) is 18.4. The van der Waals surface area contributed by atoms with E-state index < -0.39 is 5.97 Å². The Morgan fingerprint density at radius 1 is 0.679 bits per heavy atom. The van der Waals surface area contributed by atoms with Gasteiger partial charge in [0.2, 0.25) is 0 Å². The van der Waals surface area contributed by atoms with Crippen LogP contribution in [-0.4, -0.2) is 20.9 Å². The first-order valence-electron chi connectivity index (χ1n) is 8.46. The first-order valence-corrected chi connectivity index (χ1v) is 8.46. The predicted molar refractivity (Wildman–Crippen MR) is 102 cm³/mol. The Bertz CT molecular complexity index is 1370. The standard InChI is InChI=1S/C22H13N3O2.Li/c26-22(27)18-8-7-14(16-4-2-11-24-20(16)18)15-9-12-25-21-17(15)6-5-13-3-1-10-23-19(13)21;/h1-12H,(H,26,27);/q;+1/p-1. The van der Waals surface area contributed by atoms with E-state index in [-0.39, 0.29) is 24.4 Å². The Morgan fingerprint density at radius 2 is 1.36 bits per heavy atom. The van der Waals surface area contributed by atoms with E-state index in [1.54, 1.807) is 36.8 Å². The first kappa shape index (κ1) is 18.1. The average Bonchev–Trinajstić information content (AvgIpc) is 2.72. The molecule has 0 bridgehead atoms. The number of carbonyl (C=O) groups excluding carboxylic acids is 1. The van der Waals surface area contributed by atoms with Crippen LogP contribution in [0.3, 0.4) is 0 Å². The second kappa shape index (κ2) is 7.04. The maximum atomic E-state index is 11.5. The van der Waals surface area contributed by atoms with Crippen LogP contribution >= 0.6 is 0 Å². The molecule has 0 aliphatic carbocycles. The molecule has 3 aromatic heterocycles. The van der Waals surface area contributed by atoms with Crippen LogP contribution < -0.4 is 24.0 Å². The summed E-state index contributed by atoms with van der Waals surface area (Å²) < 4.78 is 0. The van der Waals surface area contributed by atoms with Crippen molar-refractivity contribution < 1.29 is 28.8 Å². The van der Waals surface area contributed by atoms with Gasteiger partial charge in [0.15, 0.2) is 0 Å². The van der Waals surface area contributed by atoms with Gasteiger partial charge < -0.3 is 9.90 Å². The summed E-state index contributed by atoms with van der Waals surface area (Å²) in [6.45, 7) is 0. The maximum Gasteiger partial charge on any atom is 1.00 e. The van der Waals surface area contributed by atoms with Gasteiger partial charge in [-0.2, -0.15) is 0 Å². The van der Waals surface area contributed by atoms with Crippen molar-refractivity contribution in [3.05, 3.63) is 78.8 Å². The van der Waals surface area contributed by atoms with Crippen LogP contribution in [0.4, 0.5) is 0 Å². The molecule has 128 valence electrons. The topological polar surface area (TPSA) is 78.8 Å². The monoisotopic (exact) mass is 357 g/mol. The number of aromatic nitrogens is 3. The van der Waals surface area contributed by atoms with Crippen LogP contribution in [0.2, 0.25) is 0 Å². The van der Waals surface area contributed by atoms with E-state index in [0.29, 0.717) is 5.52 Å². The van der Waals surface area contributed by atoms with Crippen LogP contribution in [-0.2, 0) is 0 Å². The fraction of sp³-hybridized carbons (Fsp3) is 0. The number of nitrogens with zero attached hydrogens (tertiary/aromatic N) is 3. The van der Waals surface area contributed by atoms with Crippen LogP contribution in [0.1, 0.15) is 10.4 Å². The van der Waals surface area contributed by atoms with Gasteiger partial charge in [0.1, 0.15) is 0 Å². The van der Waals surface area contributed by atoms with Gasteiger partial charge in [0, 0.05) is 40.3 Å². The minimum Gasteiger partial charge on any atom is -0.545 e. The fourth-order valence-electron chi connectivity index (χ4n) is 3.56. The van der Waals surface area contributed by atoms with Crippen molar-refractivity contribution in [2.45, 2.75) is 0 Å². The zero-order valence-corrected chi connectivity index (χ0v) is 15.1. The van der Waals surface area contributed by atoms with Gasteiger partial charge in [-0.25, -0.2) is 0 Å². The molecule has 5 aromatic rings. The molecule has 0 N–H and O–H groups in total. The number of aromatic carboxylic acids is 1. The molecule has 0 radical (unpaired) electrons. The fourth-order valence-corrected chi connectivity index (χ4v) is 3.56. The van der Waals surface area contributed by atoms with Crippen molar-refractivity contribution >= 4 is 38.7 Å². The van der Waals surface area contributed by atoms with Crippen LogP contribution in [0, 0.1) is 0 Å². The summed E-state index contributed by atoms with van der Waals surface area (Å²) in [6.07, 6.45) is 5.09. The van der Waals surface area contributed by atoms with E-state index in [0.717, 1.165) is 38.3 Å². The molecule has 2 aromatic carbocycles. The summed E-state index contributed by atoms with van der Waals surface area (Å²) in [6, 6.07) is 16.9. The summed E-state index contributed by atoms with van der Waals surface area (Å²) in [4.78, 5) is 24.7. The summed E-state index contributed by atoms with van der Waals surface area (Å²) in [5.74, 6) is -1.24. The Balaban J connectivity index is 0.00000192. The summed E-state index contributed by atoms with van der Waals surface area (Å²) in [5.41, 5.74) is 4.00. The molecular weight excluding hydrogens is 345 g/mol. The quantitative estimate of drug-likeness (QED) is 0.337. The average molecular weight is 357 g/mol. The van der Waals surface area contributed by atoms with Crippen LogP contribution in [0.15, 0.2) is 73.2 Å². The number of carbonyl (C=O) groups is 1. The van der Waals surface area contributed by atoms with Gasteiger partial charge in [0.25, 0.3) is 0 Å². The Morgan fingerprint density at radius 3 is 2.18 bits per heavy atom. The molecular formula is C22H12LiN3O2. The minimum atomic E-state index is -1.24. The van der Waals surface area contributed by atoms with Gasteiger partial charge in [0.05, 0.1) is 22.5 Å². The third kappa shape index (κ3) is 2.73. The number of pyridine rings is 3. The van der Waals surface area contributed by atoms with Gasteiger partial charge >= 0.3 is 18.9 Å². The van der Waals surface area contributed by atoms with Gasteiger partial charge in [-0.05, 0) is 29.3 Å². The Hall–Kier alpha value is -3.26. The van der Waals surface area contributed by atoms with Gasteiger partial charge in [-0.3, -0.25) is 15.0 Å². The maximum absolute atomic E-state index is 11.5. The summed E-state index contributed by atoms with van der Waals surface area (Å²) in [5, 5.41) is 14.2. The molecule has 0 fully saturated rings. The Kier molecular flexibility index (Phi) is 4.56. The molecule has 3 heterocycles. The number of hydrogen-bond acceptors (Lipinski definition) is 5. The third-order valence-corrected chi connectivity index (χ3v) is 4.76. The van der Waals surface area contributed by atoms with Crippen LogP contribution in [0.25, 0.3) is 43.8 Å². The van der Waals surface area contributed by atoms with E-state index in [4.69, 9.17) is 0 Å². The Labute approximate surface area is 172 Å². The number of hydrogen-bond donors (Lipinski definition) is 0. The summed E-state index contributed by atoms with van der Waals surface area (Å²) in [7, 11) is 0. The van der Waals surface area contributed by atoms with Crippen molar-refractivity contribution in [1.29, 1.82) is 0 Å². The molecule has 0 aliphatic rings. The van der Waals surface area contributed by atoms with Crippen molar-refractivity contribution in [1.82, 2.24) is 15.0 Å². The number of carboxylic acid groups (broad SMARTS) is 1. The smallest absolute Gasteiger partial charge is 0.545 e. The molecule has 0 aliphatic heterocycles. The van der Waals surface area contributed by atoms with E-state index >= 15 is 0 Å². The van der Waals surface area contributed by atoms with E-state index in [2.05, 4.69) is 15.0 Å². The van der Waals surface area contributed by atoms with Crippen LogP contribution in [0.5, 0.6) is 0 Å². The molecule has 0 unspecified atom stereocenters. The third-order valence-electron chi connectivity index (χ3n) is 4.76. The van der Waals surface area contributed by atoms with Crippen molar-refractivity contribution in [2.75, 3.05) is 0 Å². The molecule has 5 nitrogen and oxygen atoms in total. The molecule has 5 rings (SSSR count). The van der Waals surface area contributed by atoms with Crippen molar-refractivity contribution in [3.63, 3.8) is 0 Å².